The lowest BCUT2D eigenvalue weighted by Crippen LogP contribution is -2.11. The fraction of sp³-hybridized carbons (Fsp3) is 0.273. The first kappa shape index (κ1) is 17.6. The third-order valence-electron chi connectivity index (χ3n) is 5.51. The maximum atomic E-state index is 13.9. The predicted molar refractivity (Wildman–Crippen MR) is 99.0 cm³/mol. The summed E-state index contributed by atoms with van der Waals surface area (Å²) in [5.41, 5.74) is 2.69. The maximum Gasteiger partial charge on any atom is 0.166 e. The van der Waals surface area contributed by atoms with Gasteiger partial charge in [0.25, 0.3) is 0 Å². The van der Waals surface area contributed by atoms with Crippen LogP contribution in [0.3, 0.4) is 0 Å². The molecule has 5 heteroatoms. The summed E-state index contributed by atoms with van der Waals surface area (Å²) in [6, 6.07) is 9.03. The molecule has 4 rings (SSSR count). The van der Waals surface area contributed by atoms with Crippen molar-refractivity contribution in [1.82, 2.24) is 4.98 Å². The Hall–Kier alpha value is -2.82. The Morgan fingerprint density at radius 2 is 2.00 bits per heavy atom. The number of nitrogens with one attached hydrogen (secondary N) is 1. The van der Waals surface area contributed by atoms with Crippen LogP contribution in [0, 0.1) is 11.6 Å². The van der Waals surface area contributed by atoms with Gasteiger partial charge in [-0.2, -0.15) is 0 Å². The van der Waals surface area contributed by atoms with Crippen LogP contribution in [0.1, 0.15) is 59.0 Å². The van der Waals surface area contributed by atoms with Gasteiger partial charge in [-0.15, -0.1) is 0 Å². The molecule has 3 nitrogen and oxygen atoms in total. The van der Waals surface area contributed by atoms with Crippen molar-refractivity contribution in [2.45, 2.75) is 37.5 Å². The summed E-state index contributed by atoms with van der Waals surface area (Å²) in [4.78, 5) is 27.3. The Bertz CT molecular complexity index is 1020. The lowest BCUT2D eigenvalue weighted by atomic mass is 9.79. The minimum Gasteiger partial charge on any atom is -0.361 e. The molecule has 2 aromatic carbocycles. The lowest BCUT2D eigenvalue weighted by Gasteiger charge is -2.26. The van der Waals surface area contributed by atoms with Gasteiger partial charge in [0, 0.05) is 35.5 Å². The van der Waals surface area contributed by atoms with Crippen LogP contribution in [0.5, 0.6) is 0 Å². The number of benzene rings is 2. The third-order valence-corrected chi connectivity index (χ3v) is 5.51. The standard InChI is InChI=1S/C22H19F2NO2/c23-16-5-6-17(20(24)10-16)22(27)9-15(12-26)19-11-25-21-7-4-14(8-18(19)21)13-2-1-3-13/h4-8,10-13,15,25H,1-3,9H2. The average Bonchev–Trinajstić information content (AvgIpc) is 3.01. The van der Waals surface area contributed by atoms with E-state index in [-0.39, 0.29) is 12.0 Å². The summed E-state index contributed by atoms with van der Waals surface area (Å²) in [6.45, 7) is 0. The first-order valence-corrected chi connectivity index (χ1v) is 9.11. The molecule has 1 heterocycles. The van der Waals surface area contributed by atoms with E-state index in [9.17, 15) is 18.4 Å². The van der Waals surface area contributed by atoms with Gasteiger partial charge in [-0.3, -0.25) is 4.79 Å². The van der Waals surface area contributed by atoms with Crippen molar-refractivity contribution in [3.8, 4) is 0 Å². The number of carbonyl (C=O) groups is 2. The number of hydrogen-bond acceptors (Lipinski definition) is 2. The van der Waals surface area contributed by atoms with E-state index in [1.807, 2.05) is 6.07 Å². The van der Waals surface area contributed by atoms with E-state index in [0.717, 1.165) is 34.9 Å². The number of aldehydes is 1. The molecule has 1 aliphatic rings. The molecule has 3 aromatic rings. The molecule has 0 spiro atoms. The predicted octanol–water partition coefficient (Wildman–Crippen LogP) is 5.27. The highest BCUT2D eigenvalue weighted by atomic mass is 19.1. The number of carbonyl (C=O) groups excluding carboxylic acids is 2. The molecular weight excluding hydrogens is 348 g/mol. The zero-order chi connectivity index (χ0) is 19.0. The van der Waals surface area contributed by atoms with E-state index in [1.165, 1.54) is 24.8 Å². The molecule has 1 aliphatic carbocycles. The van der Waals surface area contributed by atoms with Crippen molar-refractivity contribution in [1.29, 1.82) is 0 Å². The molecule has 1 atom stereocenters. The highest BCUT2D eigenvalue weighted by molar-refractivity contribution is 5.99. The Kier molecular flexibility index (Phi) is 4.60. The molecule has 0 amide bonds. The van der Waals surface area contributed by atoms with Gasteiger partial charge >= 0.3 is 0 Å². The minimum atomic E-state index is -0.907. The van der Waals surface area contributed by atoms with Crippen LogP contribution < -0.4 is 0 Å². The van der Waals surface area contributed by atoms with Crippen LogP contribution in [0.15, 0.2) is 42.6 Å². The van der Waals surface area contributed by atoms with Crippen molar-refractivity contribution >= 4 is 23.0 Å². The van der Waals surface area contributed by atoms with Gasteiger partial charge in [-0.05, 0) is 54.2 Å². The average molecular weight is 367 g/mol. The maximum absolute atomic E-state index is 13.9. The van der Waals surface area contributed by atoms with Crippen LogP contribution in [-0.2, 0) is 4.79 Å². The minimum absolute atomic E-state index is 0.160. The van der Waals surface area contributed by atoms with Crippen molar-refractivity contribution in [2.75, 3.05) is 0 Å². The quantitative estimate of drug-likeness (QED) is 0.477. The number of ketones is 1. The third kappa shape index (κ3) is 3.29. The van der Waals surface area contributed by atoms with E-state index in [0.29, 0.717) is 12.0 Å². The van der Waals surface area contributed by atoms with Crippen LogP contribution in [0.2, 0.25) is 0 Å². The molecule has 1 unspecified atom stereocenters. The summed E-state index contributed by atoms with van der Waals surface area (Å²) >= 11 is 0. The zero-order valence-corrected chi connectivity index (χ0v) is 14.7. The van der Waals surface area contributed by atoms with Gasteiger partial charge in [0.2, 0.25) is 0 Å². The van der Waals surface area contributed by atoms with E-state index < -0.39 is 23.3 Å². The number of Topliss-reactive ketones (excluding diaryl/α,β-unsaturated/α-hetero) is 1. The molecule has 0 bridgehead atoms. The normalized spacial score (nSPS) is 15.5. The molecule has 0 saturated heterocycles. The largest absolute Gasteiger partial charge is 0.361 e. The van der Waals surface area contributed by atoms with Crippen LogP contribution in [0.25, 0.3) is 10.9 Å². The van der Waals surface area contributed by atoms with Gasteiger partial charge in [0.05, 0.1) is 5.56 Å². The number of hydrogen-bond donors (Lipinski definition) is 1. The van der Waals surface area contributed by atoms with E-state index in [2.05, 4.69) is 17.1 Å². The van der Waals surface area contributed by atoms with Crippen LogP contribution >= 0.6 is 0 Å². The first-order chi connectivity index (χ1) is 13.1. The molecule has 27 heavy (non-hydrogen) atoms. The summed E-state index contributed by atoms with van der Waals surface area (Å²) in [6.07, 6.45) is 5.88. The van der Waals surface area contributed by atoms with Gasteiger partial charge in [-0.25, -0.2) is 8.78 Å². The van der Waals surface area contributed by atoms with E-state index in [4.69, 9.17) is 0 Å². The molecule has 138 valence electrons. The second kappa shape index (κ2) is 7.06. The van der Waals surface area contributed by atoms with Gasteiger partial charge in [0.1, 0.15) is 17.9 Å². The Morgan fingerprint density at radius 3 is 2.67 bits per heavy atom. The smallest absolute Gasteiger partial charge is 0.166 e. The van der Waals surface area contributed by atoms with Crippen molar-refractivity contribution in [2.24, 2.45) is 0 Å². The summed E-state index contributed by atoms with van der Waals surface area (Å²) in [5.74, 6) is -2.30. The number of halogens is 2. The molecule has 1 N–H and O–H groups in total. The summed E-state index contributed by atoms with van der Waals surface area (Å²) in [7, 11) is 0. The van der Waals surface area contributed by atoms with Crippen molar-refractivity contribution in [3.05, 3.63) is 70.9 Å². The van der Waals surface area contributed by atoms with Crippen LogP contribution in [0.4, 0.5) is 8.78 Å². The number of aromatic amines is 1. The molecular formula is C22H19F2NO2. The molecule has 1 fully saturated rings. The molecule has 0 radical (unpaired) electrons. The first-order valence-electron chi connectivity index (χ1n) is 9.11. The summed E-state index contributed by atoms with van der Waals surface area (Å²) in [5, 5.41) is 0.920. The fourth-order valence-electron chi connectivity index (χ4n) is 3.72. The second-order valence-electron chi connectivity index (χ2n) is 7.17. The lowest BCUT2D eigenvalue weighted by molar-refractivity contribution is -0.109. The van der Waals surface area contributed by atoms with E-state index in [1.54, 1.807) is 6.20 Å². The van der Waals surface area contributed by atoms with Crippen molar-refractivity contribution < 1.29 is 18.4 Å². The Labute approximate surface area is 155 Å². The number of H-pyrrole nitrogens is 1. The SMILES string of the molecule is O=CC(CC(=O)c1ccc(F)cc1F)c1c[nH]c2ccc(C3CCC3)cc12. The number of rotatable bonds is 6. The topological polar surface area (TPSA) is 49.9 Å². The van der Waals surface area contributed by atoms with Crippen LogP contribution in [-0.4, -0.2) is 17.1 Å². The molecule has 1 saturated carbocycles. The Morgan fingerprint density at radius 1 is 1.19 bits per heavy atom. The fourth-order valence-corrected chi connectivity index (χ4v) is 3.72. The van der Waals surface area contributed by atoms with Gasteiger partial charge in [0.15, 0.2) is 5.78 Å². The number of aromatic nitrogens is 1. The highest BCUT2D eigenvalue weighted by Gasteiger charge is 2.24. The highest BCUT2D eigenvalue weighted by Crippen LogP contribution is 2.38. The number of fused-ring (bicyclic) bond motifs is 1. The molecule has 1 aromatic heterocycles. The van der Waals surface area contributed by atoms with E-state index >= 15 is 0 Å². The molecule has 0 aliphatic heterocycles. The second-order valence-corrected chi connectivity index (χ2v) is 7.17. The summed E-state index contributed by atoms with van der Waals surface area (Å²) < 4.78 is 26.9. The van der Waals surface area contributed by atoms with Gasteiger partial charge < -0.3 is 9.78 Å². The zero-order valence-electron chi connectivity index (χ0n) is 14.7. The van der Waals surface area contributed by atoms with Gasteiger partial charge in [-0.1, -0.05) is 12.5 Å². The van der Waals surface area contributed by atoms with Crippen molar-refractivity contribution in [3.63, 3.8) is 0 Å². The monoisotopic (exact) mass is 367 g/mol. The Balaban J connectivity index is 1.63.